The number of halogens is 1. The van der Waals surface area contributed by atoms with Crippen molar-refractivity contribution >= 4 is 40.8 Å². The van der Waals surface area contributed by atoms with Gasteiger partial charge >= 0.3 is 0 Å². The van der Waals surface area contributed by atoms with E-state index in [0.29, 0.717) is 49.4 Å². The summed E-state index contributed by atoms with van der Waals surface area (Å²) in [7, 11) is 0. The fraction of sp³-hybridized carbons (Fsp3) is 0.762. The van der Waals surface area contributed by atoms with E-state index in [2.05, 4.69) is 22.2 Å². The molecule has 3 fully saturated rings. The fourth-order valence-corrected chi connectivity index (χ4v) is 5.21. The molecular formula is C21H32ClN5O5S. The van der Waals surface area contributed by atoms with Crippen LogP contribution in [0.5, 0.6) is 0 Å². The lowest BCUT2D eigenvalue weighted by Crippen LogP contribution is -2.43. The Hall–Kier alpha value is -1.37. The highest BCUT2D eigenvalue weighted by molar-refractivity contribution is 7.99. The van der Waals surface area contributed by atoms with Crippen LogP contribution >= 0.6 is 23.4 Å². The van der Waals surface area contributed by atoms with Gasteiger partial charge in [-0.2, -0.15) is 0 Å². The number of carbonyl (C=O) groups excluding carboxylic acids is 1. The molecule has 0 radical (unpaired) electrons. The predicted molar refractivity (Wildman–Crippen MR) is 125 cm³/mol. The zero-order chi connectivity index (χ0) is 23.6. The van der Waals surface area contributed by atoms with Crippen LogP contribution in [-0.2, 0) is 23.7 Å². The molecule has 1 aromatic rings. The van der Waals surface area contributed by atoms with E-state index in [4.69, 9.17) is 36.3 Å². The van der Waals surface area contributed by atoms with Gasteiger partial charge < -0.3 is 34.9 Å². The molecule has 0 bridgehead atoms. The molecule has 2 saturated heterocycles. The van der Waals surface area contributed by atoms with Gasteiger partial charge in [-0.3, -0.25) is 4.79 Å². The molecule has 3 heterocycles. The normalized spacial score (nSPS) is 28.7. The van der Waals surface area contributed by atoms with Gasteiger partial charge in [0.15, 0.2) is 21.9 Å². The van der Waals surface area contributed by atoms with Crippen molar-refractivity contribution in [2.75, 3.05) is 49.7 Å². The van der Waals surface area contributed by atoms with Crippen molar-refractivity contribution in [2.45, 2.75) is 68.9 Å². The fourth-order valence-electron chi connectivity index (χ4n) is 4.29. The second-order valence-corrected chi connectivity index (χ2v) is 10.2. The van der Waals surface area contributed by atoms with Gasteiger partial charge in [0, 0.05) is 18.8 Å². The van der Waals surface area contributed by atoms with E-state index in [1.165, 1.54) is 11.8 Å². The minimum absolute atomic E-state index is 0.0102. The summed E-state index contributed by atoms with van der Waals surface area (Å²) in [6.45, 7) is 8.10. The number of amides is 1. The molecule has 10 nitrogen and oxygen atoms in total. The molecule has 1 amide bonds. The number of rotatable bonds is 8. The Labute approximate surface area is 203 Å². The van der Waals surface area contributed by atoms with E-state index in [-0.39, 0.29) is 42.0 Å². The SMILES string of the molecule is CCCSc1nc(Cl)c(N)c(N[C@@H]2C[C@H](OCC(=O)N3CCOCC3)[C@H]3OC(C)(C)O[C@H]32)n1. The molecular weight excluding hydrogens is 470 g/mol. The van der Waals surface area contributed by atoms with Crippen molar-refractivity contribution in [3.05, 3.63) is 5.15 Å². The summed E-state index contributed by atoms with van der Waals surface area (Å²) in [5.74, 6) is 0.540. The molecule has 184 valence electrons. The van der Waals surface area contributed by atoms with Gasteiger partial charge in [-0.15, -0.1) is 0 Å². The third-order valence-corrected chi connectivity index (χ3v) is 7.17. The second kappa shape index (κ2) is 10.5. The number of nitrogen functional groups attached to an aromatic ring is 1. The van der Waals surface area contributed by atoms with Crippen LogP contribution in [0.15, 0.2) is 5.16 Å². The second-order valence-electron chi connectivity index (χ2n) is 8.80. The Morgan fingerprint density at radius 1 is 1.30 bits per heavy atom. The average Bonchev–Trinajstić information content (AvgIpc) is 3.27. The first-order valence-corrected chi connectivity index (χ1v) is 12.7. The number of morpholine rings is 1. The maximum Gasteiger partial charge on any atom is 0.248 e. The maximum atomic E-state index is 12.6. The van der Waals surface area contributed by atoms with Crippen LogP contribution in [0.3, 0.4) is 0 Å². The molecule has 2 aliphatic heterocycles. The van der Waals surface area contributed by atoms with Crippen LogP contribution in [0.4, 0.5) is 11.5 Å². The summed E-state index contributed by atoms with van der Waals surface area (Å²) in [5, 5.41) is 4.17. The Morgan fingerprint density at radius 2 is 2.03 bits per heavy atom. The summed E-state index contributed by atoms with van der Waals surface area (Å²) in [6.07, 6.45) is 0.644. The van der Waals surface area contributed by atoms with Crippen molar-refractivity contribution in [1.29, 1.82) is 0 Å². The van der Waals surface area contributed by atoms with Gasteiger partial charge in [0.1, 0.15) is 24.5 Å². The lowest BCUT2D eigenvalue weighted by Gasteiger charge is -2.28. The number of hydrogen-bond acceptors (Lipinski definition) is 10. The van der Waals surface area contributed by atoms with Crippen molar-refractivity contribution < 1.29 is 23.7 Å². The highest BCUT2D eigenvalue weighted by Crippen LogP contribution is 2.41. The number of nitrogens with one attached hydrogen (secondary N) is 1. The predicted octanol–water partition coefficient (Wildman–Crippen LogP) is 2.16. The van der Waals surface area contributed by atoms with Gasteiger partial charge in [-0.05, 0) is 26.7 Å². The highest BCUT2D eigenvalue weighted by atomic mass is 35.5. The molecule has 0 unspecified atom stereocenters. The van der Waals surface area contributed by atoms with Gasteiger partial charge in [-0.25, -0.2) is 9.97 Å². The molecule has 3 N–H and O–H groups in total. The Balaban J connectivity index is 1.45. The van der Waals surface area contributed by atoms with E-state index >= 15 is 0 Å². The number of anilines is 2. The summed E-state index contributed by atoms with van der Waals surface area (Å²) in [4.78, 5) is 23.2. The first-order chi connectivity index (χ1) is 15.8. The lowest BCUT2D eigenvalue weighted by atomic mass is 10.2. The summed E-state index contributed by atoms with van der Waals surface area (Å²) >= 11 is 7.79. The van der Waals surface area contributed by atoms with Crippen LogP contribution in [-0.4, -0.2) is 89.6 Å². The minimum atomic E-state index is -0.761. The number of nitrogens with zero attached hydrogens (tertiary/aromatic N) is 3. The number of carbonyl (C=O) groups is 1. The van der Waals surface area contributed by atoms with Crippen molar-refractivity contribution in [3.63, 3.8) is 0 Å². The van der Waals surface area contributed by atoms with E-state index < -0.39 is 5.79 Å². The topological polar surface area (TPSA) is 121 Å². The molecule has 4 atom stereocenters. The third kappa shape index (κ3) is 5.83. The van der Waals surface area contributed by atoms with Gasteiger partial charge in [0.2, 0.25) is 5.91 Å². The molecule has 3 aliphatic rings. The largest absolute Gasteiger partial charge is 0.393 e. The Morgan fingerprint density at radius 3 is 2.76 bits per heavy atom. The van der Waals surface area contributed by atoms with Crippen LogP contribution in [0.1, 0.15) is 33.6 Å². The number of hydrogen-bond donors (Lipinski definition) is 2. The quantitative estimate of drug-likeness (QED) is 0.311. The first-order valence-electron chi connectivity index (χ1n) is 11.3. The molecule has 0 spiro atoms. The Bertz CT molecular complexity index is 857. The molecule has 12 heteroatoms. The molecule has 1 saturated carbocycles. The van der Waals surface area contributed by atoms with Crippen molar-refractivity contribution in [1.82, 2.24) is 14.9 Å². The number of fused-ring (bicyclic) bond motifs is 1. The van der Waals surface area contributed by atoms with E-state index in [9.17, 15) is 4.79 Å². The Kier molecular flexibility index (Phi) is 7.87. The third-order valence-electron chi connectivity index (χ3n) is 5.83. The van der Waals surface area contributed by atoms with Crippen molar-refractivity contribution in [2.24, 2.45) is 0 Å². The summed E-state index contributed by atoms with van der Waals surface area (Å²) < 4.78 is 23.7. The average molecular weight is 502 g/mol. The molecule has 33 heavy (non-hydrogen) atoms. The van der Waals surface area contributed by atoms with Gasteiger partial charge in [-0.1, -0.05) is 30.3 Å². The van der Waals surface area contributed by atoms with Crippen LogP contribution in [0.25, 0.3) is 0 Å². The van der Waals surface area contributed by atoms with Crippen LogP contribution < -0.4 is 11.1 Å². The van der Waals surface area contributed by atoms with Crippen LogP contribution in [0.2, 0.25) is 5.15 Å². The van der Waals surface area contributed by atoms with E-state index in [1.54, 1.807) is 4.90 Å². The number of ether oxygens (including phenoxy) is 4. The number of aromatic nitrogens is 2. The van der Waals surface area contributed by atoms with Gasteiger partial charge in [0.25, 0.3) is 0 Å². The van der Waals surface area contributed by atoms with E-state index in [1.807, 2.05) is 13.8 Å². The van der Waals surface area contributed by atoms with E-state index in [0.717, 1.165) is 12.2 Å². The van der Waals surface area contributed by atoms with Gasteiger partial charge in [0.05, 0.1) is 25.4 Å². The lowest BCUT2D eigenvalue weighted by molar-refractivity contribution is -0.169. The summed E-state index contributed by atoms with van der Waals surface area (Å²) in [6, 6.07) is -0.183. The summed E-state index contributed by atoms with van der Waals surface area (Å²) in [5.41, 5.74) is 6.46. The maximum absolute atomic E-state index is 12.6. The highest BCUT2D eigenvalue weighted by Gasteiger charge is 2.55. The molecule has 4 rings (SSSR count). The van der Waals surface area contributed by atoms with Crippen molar-refractivity contribution in [3.8, 4) is 0 Å². The molecule has 0 aromatic carbocycles. The molecule has 1 aromatic heterocycles. The zero-order valence-electron chi connectivity index (χ0n) is 19.2. The smallest absolute Gasteiger partial charge is 0.248 e. The van der Waals surface area contributed by atoms with Crippen LogP contribution in [0, 0.1) is 0 Å². The molecule has 1 aliphatic carbocycles. The zero-order valence-corrected chi connectivity index (χ0v) is 20.8. The first kappa shape index (κ1) is 24.7. The standard InChI is InChI=1S/C21H32ClN5O5S/c1-4-9-33-20-25-18(22)15(23)19(26-20)24-12-10-13(17-16(12)31-21(2,3)32-17)30-11-14(28)27-5-7-29-8-6-27/h12-13,16-17H,4-11,23H2,1-3H3,(H,24,25,26)/t12-,13+,16+,17-/m1/s1. The minimum Gasteiger partial charge on any atom is -0.393 e. The number of thioether (sulfide) groups is 1. The monoisotopic (exact) mass is 501 g/mol. The number of nitrogens with two attached hydrogens (primary N) is 1.